The maximum Gasteiger partial charge on any atom is 0.326 e. The highest BCUT2D eigenvalue weighted by atomic mass is 32.2. The summed E-state index contributed by atoms with van der Waals surface area (Å²) in [5, 5.41) is 34.9. The Balaban J connectivity index is 2.96. The maximum absolute atomic E-state index is 12.7. The van der Waals surface area contributed by atoms with Gasteiger partial charge in [-0.2, -0.15) is 11.8 Å². The summed E-state index contributed by atoms with van der Waals surface area (Å²) in [6, 6.07) is 1.61. The molecule has 0 aliphatic rings. The van der Waals surface area contributed by atoms with Crippen molar-refractivity contribution in [2.24, 2.45) is 5.73 Å². The van der Waals surface area contributed by atoms with Crippen molar-refractivity contribution in [3.63, 3.8) is 0 Å². The third-order valence-corrected chi connectivity index (χ3v) is 5.09. The molecule has 0 aromatic heterocycles. The van der Waals surface area contributed by atoms with Crippen molar-refractivity contribution in [2.75, 3.05) is 18.6 Å². The topological polar surface area (TPSA) is 208 Å². The van der Waals surface area contributed by atoms with Gasteiger partial charge in [-0.1, -0.05) is 12.1 Å². The number of aliphatic carboxylic acids is 2. The quantitative estimate of drug-likeness (QED) is 0.165. The van der Waals surface area contributed by atoms with Gasteiger partial charge in [0.05, 0.1) is 13.0 Å². The first-order valence-corrected chi connectivity index (χ1v) is 11.3. The van der Waals surface area contributed by atoms with E-state index >= 15 is 0 Å². The monoisotopic (exact) mass is 484 g/mol. The summed E-state index contributed by atoms with van der Waals surface area (Å²) in [7, 11) is 0. The SMILES string of the molecule is CSCCC(NC(=O)CN)C(=O)NC(CC(=O)O)C(=O)NC(Cc1ccc(O)cc1)C(=O)O. The third kappa shape index (κ3) is 10.2. The predicted octanol–water partition coefficient (Wildman–Crippen LogP) is -1.34. The van der Waals surface area contributed by atoms with Crippen LogP contribution in [0.4, 0.5) is 0 Å². The fourth-order valence-corrected chi connectivity index (χ4v) is 3.23. The van der Waals surface area contributed by atoms with Crippen LogP contribution in [0.2, 0.25) is 0 Å². The van der Waals surface area contributed by atoms with Crippen LogP contribution in [0.25, 0.3) is 0 Å². The number of carboxylic acid groups (broad SMARTS) is 2. The molecule has 13 heteroatoms. The molecule has 33 heavy (non-hydrogen) atoms. The summed E-state index contributed by atoms with van der Waals surface area (Å²) in [4.78, 5) is 59.8. The van der Waals surface area contributed by atoms with Crippen molar-refractivity contribution in [1.29, 1.82) is 0 Å². The molecule has 182 valence electrons. The highest BCUT2D eigenvalue weighted by molar-refractivity contribution is 7.98. The maximum atomic E-state index is 12.7. The van der Waals surface area contributed by atoms with Crippen LogP contribution >= 0.6 is 11.8 Å². The summed E-state index contributed by atoms with van der Waals surface area (Å²) < 4.78 is 0. The Morgan fingerprint density at radius 1 is 0.939 bits per heavy atom. The van der Waals surface area contributed by atoms with Gasteiger partial charge in [0.1, 0.15) is 23.9 Å². The van der Waals surface area contributed by atoms with Gasteiger partial charge in [0.15, 0.2) is 0 Å². The van der Waals surface area contributed by atoms with Crippen LogP contribution in [0.3, 0.4) is 0 Å². The van der Waals surface area contributed by atoms with Crippen molar-refractivity contribution in [2.45, 2.75) is 37.4 Å². The molecule has 0 spiro atoms. The molecule has 1 aromatic rings. The van der Waals surface area contributed by atoms with E-state index < -0.39 is 54.2 Å². The van der Waals surface area contributed by atoms with E-state index in [4.69, 9.17) is 10.8 Å². The Morgan fingerprint density at radius 3 is 2.03 bits per heavy atom. The lowest BCUT2D eigenvalue weighted by Crippen LogP contribution is -2.57. The fourth-order valence-electron chi connectivity index (χ4n) is 2.75. The molecule has 12 nitrogen and oxygen atoms in total. The van der Waals surface area contributed by atoms with E-state index in [1.165, 1.54) is 36.0 Å². The van der Waals surface area contributed by atoms with Gasteiger partial charge < -0.3 is 37.0 Å². The Morgan fingerprint density at radius 2 is 1.52 bits per heavy atom. The van der Waals surface area contributed by atoms with Gasteiger partial charge in [-0.05, 0) is 36.1 Å². The predicted molar refractivity (Wildman–Crippen MR) is 120 cm³/mol. The number of hydrogen-bond acceptors (Lipinski definition) is 8. The molecule has 0 saturated carbocycles. The van der Waals surface area contributed by atoms with Crippen molar-refractivity contribution in [1.82, 2.24) is 16.0 Å². The van der Waals surface area contributed by atoms with Gasteiger partial charge in [0.25, 0.3) is 0 Å². The van der Waals surface area contributed by atoms with Crippen LogP contribution in [0.1, 0.15) is 18.4 Å². The van der Waals surface area contributed by atoms with E-state index in [2.05, 4.69) is 16.0 Å². The number of carbonyl (C=O) groups excluding carboxylic acids is 3. The lowest BCUT2D eigenvalue weighted by molar-refractivity contribution is -0.143. The van der Waals surface area contributed by atoms with Crippen molar-refractivity contribution < 1.29 is 39.3 Å². The van der Waals surface area contributed by atoms with E-state index in [1.807, 2.05) is 0 Å². The van der Waals surface area contributed by atoms with E-state index in [1.54, 1.807) is 6.26 Å². The first-order valence-electron chi connectivity index (χ1n) is 9.89. The number of phenols is 1. The van der Waals surface area contributed by atoms with Crippen molar-refractivity contribution in [3.05, 3.63) is 29.8 Å². The molecule has 0 radical (unpaired) electrons. The van der Waals surface area contributed by atoms with Crippen LogP contribution in [-0.2, 0) is 30.4 Å². The minimum atomic E-state index is -1.58. The zero-order valence-electron chi connectivity index (χ0n) is 17.9. The second-order valence-corrected chi connectivity index (χ2v) is 8.02. The van der Waals surface area contributed by atoms with E-state index in [9.17, 15) is 34.2 Å². The molecule has 0 saturated heterocycles. The van der Waals surface area contributed by atoms with Crippen LogP contribution in [-0.4, -0.2) is 81.7 Å². The number of aromatic hydroxyl groups is 1. The first-order chi connectivity index (χ1) is 15.6. The highest BCUT2D eigenvalue weighted by Gasteiger charge is 2.31. The average molecular weight is 485 g/mol. The lowest BCUT2D eigenvalue weighted by Gasteiger charge is -2.23. The first kappa shape index (κ1) is 27.7. The van der Waals surface area contributed by atoms with Gasteiger partial charge in [-0.3, -0.25) is 19.2 Å². The zero-order valence-corrected chi connectivity index (χ0v) is 18.8. The number of phenolic OH excluding ortho intramolecular Hbond substituents is 1. The van der Waals surface area contributed by atoms with Crippen LogP contribution in [0.5, 0.6) is 5.75 Å². The molecule has 8 N–H and O–H groups in total. The Labute approximate surface area is 194 Å². The molecule has 0 bridgehead atoms. The summed E-state index contributed by atoms with van der Waals surface area (Å²) in [6.45, 7) is -0.361. The Bertz CT molecular complexity index is 849. The van der Waals surface area contributed by atoms with Gasteiger partial charge in [0, 0.05) is 6.42 Å². The number of hydrogen-bond donors (Lipinski definition) is 7. The summed E-state index contributed by atoms with van der Waals surface area (Å²) in [5.74, 6) is -4.69. The van der Waals surface area contributed by atoms with E-state index in [0.717, 1.165) is 0 Å². The van der Waals surface area contributed by atoms with Gasteiger partial charge in [-0.25, -0.2) is 4.79 Å². The molecule has 0 heterocycles. The number of carboxylic acids is 2. The standard InChI is InChI=1S/C20H28N4O8S/c1-33-7-6-13(22-16(26)10-21)18(29)23-14(9-17(27)28)19(30)24-15(20(31)32)8-11-2-4-12(25)5-3-11/h2-5,13-15,25H,6-10,21H2,1H3,(H,22,26)(H,23,29)(H,24,30)(H,27,28)(H,31,32). The molecule has 0 aliphatic carbocycles. The highest BCUT2D eigenvalue weighted by Crippen LogP contribution is 2.12. The number of nitrogens with two attached hydrogens (primary N) is 1. The molecular weight excluding hydrogens is 456 g/mol. The van der Waals surface area contributed by atoms with Gasteiger partial charge in [0.2, 0.25) is 17.7 Å². The summed E-state index contributed by atoms with van der Waals surface area (Å²) >= 11 is 1.41. The average Bonchev–Trinajstić information content (AvgIpc) is 2.76. The number of rotatable bonds is 14. The smallest absolute Gasteiger partial charge is 0.326 e. The minimum Gasteiger partial charge on any atom is -0.508 e. The molecule has 1 rings (SSSR count). The second kappa shape index (κ2) is 14.0. The fraction of sp³-hybridized carbons (Fsp3) is 0.450. The number of nitrogens with one attached hydrogen (secondary N) is 3. The molecule has 3 unspecified atom stereocenters. The number of benzene rings is 1. The second-order valence-electron chi connectivity index (χ2n) is 7.03. The molecule has 3 atom stereocenters. The van der Waals surface area contributed by atoms with E-state index in [0.29, 0.717) is 11.3 Å². The Hall–Kier alpha value is -3.32. The lowest BCUT2D eigenvalue weighted by atomic mass is 10.0. The minimum absolute atomic E-state index is 0.0170. The molecule has 1 aromatic carbocycles. The third-order valence-electron chi connectivity index (χ3n) is 4.45. The van der Waals surface area contributed by atoms with E-state index in [-0.39, 0.29) is 25.1 Å². The van der Waals surface area contributed by atoms with Gasteiger partial charge >= 0.3 is 11.9 Å². The molecule has 0 aliphatic heterocycles. The number of thioether (sulfide) groups is 1. The molecule has 0 fully saturated rings. The zero-order chi connectivity index (χ0) is 25.0. The Kier molecular flexibility index (Phi) is 11.7. The van der Waals surface area contributed by atoms with Crippen molar-refractivity contribution >= 4 is 41.4 Å². The van der Waals surface area contributed by atoms with Crippen LogP contribution in [0.15, 0.2) is 24.3 Å². The van der Waals surface area contributed by atoms with Crippen LogP contribution < -0.4 is 21.7 Å². The number of amides is 3. The molecular formula is C20H28N4O8S. The summed E-state index contributed by atoms with van der Waals surface area (Å²) in [6.07, 6.45) is 1.06. The number of carbonyl (C=O) groups is 5. The van der Waals surface area contributed by atoms with Crippen LogP contribution in [0, 0.1) is 0 Å². The van der Waals surface area contributed by atoms with Crippen molar-refractivity contribution in [3.8, 4) is 5.75 Å². The largest absolute Gasteiger partial charge is 0.508 e. The molecule has 3 amide bonds. The normalized spacial score (nSPS) is 13.3. The summed E-state index contributed by atoms with van der Waals surface area (Å²) in [5.41, 5.74) is 5.76. The van der Waals surface area contributed by atoms with Gasteiger partial charge in [-0.15, -0.1) is 0 Å².